The normalized spacial score (nSPS) is 21.1. The lowest BCUT2D eigenvalue weighted by atomic mass is 9.92. The van der Waals surface area contributed by atoms with E-state index in [1.807, 2.05) is 49.4 Å². The van der Waals surface area contributed by atoms with Crippen molar-refractivity contribution in [2.24, 2.45) is 5.16 Å². The topological polar surface area (TPSA) is 64.9 Å². The van der Waals surface area contributed by atoms with Crippen molar-refractivity contribution >= 4 is 17.3 Å². The number of anilines is 1. The Morgan fingerprint density at radius 3 is 2.65 bits per heavy atom. The highest BCUT2D eigenvalue weighted by atomic mass is 16.4. The van der Waals surface area contributed by atoms with Gasteiger partial charge in [0.2, 0.25) is 0 Å². The van der Waals surface area contributed by atoms with Crippen LogP contribution in [0.15, 0.2) is 47.6 Å². The number of nitrogens with one attached hydrogen (secondary N) is 1. The number of carbonyl (C=O) groups excluding carboxylic acids is 1. The highest BCUT2D eigenvalue weighted by Crippen LogP contribution is 2.39. The van der Waals surface area contributed by atoms with E-state index >= 15 is 0 Å². The molecule has 0 saturated carbocycles. The molecule has 1 amide bonds. The fourth-order valence-electron chi connectivity index (χ4n) is 3.40. The second kappa shape index (κ2) is 5.12. The zero-order valence-corrected chi connectivity index (χ0v) is 12.8. The Balaban J connectivity index is 1.87. The molecule has 1 atom stereocenters. The van der Waals surface area contributed by atoms with Crippen molar-refractivity contribution < 1.29 is 10.0 Å². The molecule has 5 nitrogen and oxygen atoms in total. The van der Waals surface area contributed by atoms with Gasteiger partial charge in [0.25, 0.3) is 5.91 Å². The summed E-state index contributed by atoms with van der Waals surface area (Å²) >= 11 is 0. The van der Waals surface area contributed by atoms with Crippen LogP contribution in [0.25, 0.3) is 0 Å². The standard InChI is InChI=1S/C18H17N3O2/c1-11-5-7-12(8-6-11)17-19-18(22)14-4-2-3-13-15(20-23)9-10-21(17)16(13)14/h2-8,17,23H,9-10H2,1H3,(H,19,22)/b20-15+. The minimum atomic E-state index is -0.197. The Hall–Kier alpha value is -2.82. The number of para-hydroxylation sites is 1. The molecule has 2 N–H and O–H groups in total. The third-order valence-electron chi connectivity index (χ3n) is 4.56. The molecule has 0 aliphatic carbocycles. The molecule has 0 spiro atoms. The van der Waals surface area contributed by atoms with Crippen LogP contribution in [0.3, 0.4) is 0 Å². The molecule has 0 aromatic heterocycles. The Morgan fingerprint density at radius 1 is 1.17 bits per heavy atom. The number of nitrogens with zero attached hydrogens (tertiary/aromatic N) is 2. The summed E-state index contributed by atoms with van der Waals surface area (Å²) in [6, 6.07) is 13.7. The zero-order valence-electron chi connectivity index (χ0n) is 12.8. The van der Waals surface area contributed by atoms with Crippen LogP contribution in [0.4, 0.5) is 5.69 Å². The lowest BCUT2D eigenvalue weighted by Gasteiger charge is -2.42. The second-order valence-electron chi connectivity index (χ2n) is 5.98. The fourth-order valence-corrected chi connectivity index (χ4v) is 3.40. The van der Waals surface area contributed by atoms with E-state index in [4.69, 9.17) is 0 Å². The molecule has 2 heterocycles. The minimum absolute atomic E-state index is 0.0946. The Kier molecular flexibility index (Phi) is 3.08. The maximum absolute atomic E-state index is 12.5. The summed E-state index contributed by atoms with van der Waals surface area (Å²) in [5.74, 6) is -0.0946. The van der Waals surface area contributed by atoms with Crippen molar-refractivity contribution in [1.29, 1.82) is 0 Å². The van der Waals surface area contributed by atoms with Crippen LogP contribution < -0.4 is 10.2 Å². The van der Waals surface area contributed by atoms with Crippen LogP contribution in [-0.4, -0.2) is 23.4 Å². The molecule has 116 valence electrons. The monoisotopic (exact) mass is 307 g/mol. The third kappa shape index (κ3) is 2.08. The van der Waals surface area contributed by atoms with Gasteiger partial charge in [0.1, 0.15) is 6.17 Å². The highest BCUT2D eigenvalue weighted by Gasteiger charge is 2.36. The Morgan fingerprint density at radius 2 is 1.91 bits per heavy atom. The first-order valence-electron chi connectivity index (χ1n) is 7.67. The van der Waals surface area contributed by atoms with E-state index in [1.54, 1.807) is 0 Å². The van der Waals surface area contributed by atoms with Crippen molar-refractivity contribution in [3.05, 3.63) is 64.7 Å². The number of rotatable bonds is 1. The molecule has 0 saturated heterocycles. The number of hydrogen-bond acceptors (Lipinski definition) is 4. The lowest BCUT2D eigenvalue weighted by molar-refractivity contribution is 0.0926. The molecule has 1 unspecified atom stereocenters. The van der Waals surface area contributed by atoms with E-state index in [0.29, 0.717) is 24.2 Å². The van der Waals surface area contributed by atoms with Crippen LogP contribution in [0, 0.1) is 6.92 Å². The molecule has 0 fully saturated rings. The molecular formula is C18H17N3O2. The van der Waals surface area contributed by atoms with Gasteiger partial charge >= 0.3 is 0 Å². The van der Waals surface area contributed by atoms with Crippen molar-refractivity contribution in [3.8, 4) is 0 Å². The lowest BCUT2D eigenvalue weighted by Crippen LogP contribution is -2.49. The van der Waals surface area contributed by atoms with Crippen LogP contribution in [0.1, 0.15) is 39.6 Å². The summed E-state index contributed by atoms with van der Waals surface area (Å²) in [7, 11) is 0. The maximum Gasteiger partial charge on any atom is 0.255 e. The van der Waals surface area contributed by atoms with Gasteiger partial charge in [-0.15, -0.1) is 0 Å². The Labute approximate surface area is 134 Å². The van der Waals surface area contributed by atoms with Crippen molar-refractivity contribution in [2.75, 3.05) is 11.4 Å². The molecule has 4 rings (SSSR count). The summed E-state index contributed by atoms with van der Waals surface area (Å²) in [6.07, 6.45) is 0.447. The van der Waals surface area contributed by atoms with Gasteiger partial charge in [0.15, 0.2) is 0 Å². The van der Waals surface area contributed by atoms with Gasteiger partial charge < -0.3 is 15.4 Å². The quantitative estimate of drug-likeness (QED) is 0.629. The van der Waals surface area contributed by atoms with Gasteiger partial charge in [-0.05, 0) is 18.6 Å². The van der Waals surface area contributed by atoms with Crippen molar-refractivity contribution in [1.82, 2.24) is 5.32 Å². The average molecular weight is 307 g/mol. The SMILES string of the molecule is Cc1ccc(C2NC(=O)c3cccc4c3N2CC/C4=N\O)cc1. The molecule has 2 aromatic carbocycles. The summed E-state index contributed by atoms with van der Waals surface area (Å²) in [6.45, 7) is 2.74. The first kappa shape index (κ1) is 13.8. The van der Waals surface area contributed by atoms with Gasteiger partial charge in [-0.2, -0.15) is 0 Å². The number of carbonyl (C=O) groups is 1. The van der Waals surface area contributed by atoms with Gasteiger partial charge in [-0.1, -0.05) is 47.1 Å². The van der Waals surface area contributed by atoms with Gasteiger partial charge in [0.05, 0.1) is 17.0 Å². The van der Waals surface area contributed by atoms with Gasteiger partial charge in [0, 0.05) is 18.5 Å². The maximum atomic E-state index is 12.5. The summed E-state index contributed by atoms with van der Waals surface area (Å²) in [5, 5.41) is 15.8. The molecule has 0 radical (unpaired) electrons. The van der Waals surface area contributed by atoms with Gasteiger partial charge in [-0.25, -0.2) is 0 Å². The smallest absolute Gasteiger partial charge is 0.255 e. The molecule has 2 aliphatic rings. The largest absolute Gasteiger partial charge is 0.411 e. The van der Waals surface area contributed by atoms with E-state index in [1.165, 1.54) is 5.56 Å². The van der Waals surface area contributed by atoms with E-state index in [0.717, 1.165) is 16.8 Å². The van der Waals surface area contributed by atoms with Crippen LogP contribution in [0.5, 0.6) is 0 Å². The highest BCUT2D eigenvalue weighted by molar-refractivity contribution is 6.13. The first-order valence-corrected chi connectivity index (χ1v) is 7.67. The molecule has 0 bridgehead atoms. The Bertz CT molecular complexity index is 812. The predicted molar refractivity (Wildman–Crippen MR) is 88.1 cm³/mol. The van der Waals surface area contributed by atoms with Gasteiger partial charge in [-0.3, -0.25) is 4.79 Å². The number of hydrogen-bond donors (Lipinski definition) is 2. The summed E-state index contributed by atoms with van der Waals surface area (Å²) in [5.41, 5.74) is 5.20. The zero-order chi connectivity index (χ0) is 16.0. The molecule has 23 heavy (non-hydrogen) atoms. The fraction of sp³-hybridized carbons (Fsp3) is 0.222. The van der Waals surface area contributed by atoms with E-state index < -0.39 is 0 Å². The number of aryl methyl sites for hydroxylation is 1. The van der Waals surface area contributed by atoms with E-state index in [9.17, 15) is 10.0 Å². The number of oxime groups is 1. The minimum Gasteiger partial charge on any atom is -0.411 e. The molecule has 5 heteroatoms. The third-order valence-corrected chi connectivity index (χ3v) is 4.56. The van der Waals surface area contributed by atoms with Crippen LogP contribution >= 0.6 is 0 Å². The van der Waals surface area contributed by atoms with Crippen LogP contribution in [-0.2, 0) is 0 Å². The molecule has 2 aromatic rings. The van der Waals surface area contributed by atoms with Crippen molar-refractivity contribution in [2.45, 2.75) is 19.5 Å². The summed E-state index contributed by atoms with van der Waals surface area (Å²) < 4.78 is 0. The predicted octanol–water partition coefficient (Wildman–Crippen LogP) is 2.83. The average Bonchev–Trinajstić information content (AvgIpc) is 2.58. The van der Waals surface area contributed by atoms with E-state index in [2.05, 4.69) is 15.4 Å². The number of benzene rings is 2. The molecular weight excluding hydrogens is 290 g/mol. The molecule has 2 aliphatic heterocycles. The second-order valence-corrected chi connectivity index (χ2v) is 5.98. The number of amides is 1. The van der Waals surface area contributed by atoms with E-state index in [-0.39, 0.29) is 12.1 Å². The summed E-state index contributed by atoms with van der Waals surface area (Å²) in [4.78, 5) is 14.7. The van der Waals surface area contributed by atoms with Crippen molar-refractivity contribution in [3.63, 3.8) is 0 Å². The van der Waals surface area contributed by atoms with Crippen LogP contribution in [0.2, 0.25) is 0 Å². The first-order chi connectivity index (χ1) is 11.2.